The average Bonchev–Trinajstić information content (AvgIpc) is 3.14. The number of halogens is 3. The fourth-order valence-electron chi connectivity index (χ4n) is 5.98. The summed E-state index contributed by atoms with van der Waals surface area (Å²) in [6, 6.07) is 19.2. The minimum Gasteiger partial charge on any atom is -0.465 e. The molecule has 0 aromatic heterocycles. The van der Waals surface area contributed by atoms with E-state index >= 15 is 0 Å². The van der Waals surface area contributed by atoms with Crippen LogP contribution in [0.1, 0.15) is 63.5 Å². The smallest absolute Gasteiger partial charge is 0.337 e. The summed E-state index contributed by atoms with van der Waals surface area (Å²) in [5, 5.41) is 5.29. The first-order valence-electron chi connectivity index (χ1n) is 13.8. The van der Waals surface area contributed by atoms with Crippen molar-refractivity contribution in [1.82, 2.24) is 4.90 Å². The van der Waals surface area contributed by atoms with E-state index in [1.54, 1.807) is 12.1 Å². The van der Waals surface area contributed by atoms with E-state index in [2.05, 4.69) is 27.1 Å². The first-order valence-corrected chi connectivity index (χ1v) is 14.5. The number of azide groups is 1. The number of fused-ring (bicyclic) bond motifs is 1. The number of methoxy groups -OCH3 is 1. The first-order chi connectivity index (χ1) is 19.9. The van der Waals surface area contributed by atoms with Gasteiger partial charge in [-0.3, -0.25) is 4.39 Å². The Kier molecular flexibility index (Phi) is 9.31. The number of alkyl halides is 1. The first kappa shape index (κ1) is 29.2. The van der Waals surface area contributed by atoms with Crippen LogP contribution in [0.4, 0.5) is 4.39 Å². The molecule has 3 aromatic rings. The summed E-state index contributed by atoms with van der Waals surface area (Å²) in [6.45, 7) is 1.96. The van der Waals surface area contributed by atoms with Crippen molar-refractivity contribution in [1.29, 1.82) is 0 Å². The molecule has 1 aliphatic carbocycles. The van der Waals surface area contributed by atoms with Crippen LogP contribution in [0.3, 0.4) is 0 Å². The second-order valence-electron chi connectivity index (χ2n) is 10.5. The van der Waals surface area contributed by atoms with Gasteiger partial charge in [0.05, 0.1) is 25.4 Å². The van der Waals surface area contributed by atoms with E-state index in [-0.39, 0.29) is 24.6 Å². The monoisotopic (exact) mass is 592 g/mol. The van der Waals surface area contributed by atoms with Crippen molar-refractivity contribution in [3.8, 4) is 0 Å². The second-order valence-corrected chi connectivity index (χ2v) is 11.4. The SMILES string of the molecule is COC(=O)c1ccc2c(c1)CCCC(c1ccc(Cl)cc1Cl)=C2c1ccc(C(N=[N+]=[N-])C2CN(CCCF)C2)cc1. The van der Waals surface area contributed by atoms with Crippen LogP contribution in [0.25, 0.3) is 21.6 Å². The zero-order chi connectivity index (χ0) is 28.9. The standard InChI is InChI=1S/C32H31Cl2FN4O2/c1-41-32(40)23-10-12-26-22(16-23)4-2-5-28(27-13-11-25(33)17-29(27)34)30(26)20-6-8-21(9-7-20)31(37-38-36)24-18-39(19-24)15-3-14-35/h6-13,16-17,24,31H,2-5,14-15,18-19H2,1H3. The van der Waals surface area contributed by atoms with Crippen molar-refractivity contribution in [3.05, 3.63) is 115 Å². The van der Waals surface area contributed by atoms with Gasteiger partial charge in [-0.05, 0) is 100 Å². The van der Waals surface area contributed by atoms with Gasteiger partial charge in [0.1, 0.15) is 0 Å². The molecule has 1 atom stereocenters. The number of esters is 1. The Balaban J connectivity index is 1.57. The molecule has 3 aromatic carbocycles. The number of likely N-dealkylation sites (tertiary alicyclic amines) is 1. The Morgan fingerprint density at radius 1 is 1.10 bits per heavy atom. The largest absolute Gasteiger partial charge is 0.465 e. The maximum absolute atomic E-state index is 12.6. The van der Waals surface area contributed by atoms with Crippen LogP contribution in [-0.2, 0) is 11.2 Å². The van der Waals surface area contributed by atoms with Gasteiger partial charge in [-0.15, -0.1) is 0 Å². The molecule has 41 heavy (non-hydrogen) atoms. The molecule has 0 saturated carbocycles. The highest BCUT2D eigenvalue weighted by molar-refractivity contribution is 6.36. The number of carbonyl (C=O) groups excluding carboxylic acids is 1. The number of hydrogen-bond donors (Lipinski definition) is 0. The van der Waals surface area contributed by atoms with Crippen molar-refractivity contribution in [2.75, 3.05) is 33.4 Å². The number of nitrogens with zero attached hydrogens (tertiary/aromatic N) is 4. The lowest BCUT2D eigenvalue weighted by molar-refractivity contribution is 0.0600. The lowest BCUT2D eigenvalue weighted by atomic mass is 9.84. The number of aryl methyl sites for hydroxylation is 1. The van der Waals surface area contributed by atoms with E-state index < -0.39 is 0 Å². The third-order valence-electron chi connectivity index (χ3n) is 7.98. The molecule has 0 radical (unpaired) electrons. The summed E-state index contributed by atoms with van der Waals surface area (Å²) in [4.78, 5) is 17.6. The molecular weight excluding hydrogens is 562 g/mol. The van der Waals surface area contributed by atoms with Crippen molar-refractivity contribution < 1.29 is 13.9 Å². The van der Waals surface area contributed by atoms with Gasteiger partial charge in [0.2, 0.25) is 0 Å². The number of ether oxygens (including phenoxy) is 1. The van der Waals surface area contributed by atoms with Crippen LogP contribution in [-0.4, -0.2) is 44.3 Å². The molecule has 2 aliphatic rings. The Morgan fingerprint density at radius 2 is 1.85 bits per heavy atom. The summed E-state index contributed by atoms with van der Waals surface area (Å²) in [5.41, 5.74) is 17.0. The highest BCUT2D eigenvalue weighted by atomic mass is 35.5. The fourth-order valence-corrected chi connectivity index (χ4v) is 6.50. The summed E-state index contributed by atoms with van der Waals surface area (Å²) in [5.74, 6) is -0.175. The van der Waals surface area contributed by atoms with Gasteiger partial charge >= 0.3 is 5.97 Å². The lowest BCUT2D eigenvalue weighted by Crippen LogP contribution is -2.49. The van der Waals surface area contributed by atoms with Gasteiger partial charge in [-0.1, -0.05) is 64.7 Å². The molecule has 1 saturated heterocycles. The van der Waals surface area contributed by atoms with E-state index in [0.717, 1.165) is 77.9 Å². The number of rotatable bonds is 9. The number of benzene rings is 3. The summed E-state index contributed by atoms with van der Waals surface area (Å²) in [6.07, 6.45) is 2.99. The molecule has 0 amide bonds. The van der Waals surface area contributed by atoms with E-state index in [1.807, 2.05) is 36.4 Å². The Bertz CT molecular complexity index is 1510. The maximum Gasteiger partial charge on any atom is 0.337 e. The molecule has 0 spiro atoms. The highest BCUT2D eigenvalue weighted by Gasteiger charge is 2.33. The Hall–Kier alpha value is -3.35. The van der Waals surface area contributed by atoms with Crippen LogP contribution in [0.5, 0.6) is 0 Å². The summed E-state index contributed by atoms with van der Waals surface area (Å²) in [7, 11) is 1.39. The average molecular weight is 594 g/mol. The highest BCUT2D eigenvalue weighted by Crippen LogP contribution is 2.43. The number of allylic oxidation sites excluding steroid dienone is 1. The zero-order valence-corrected chi connectivity index (χ0v) is 24.3. The number of hydrogen-bond acceptors (Lipinski definition) is 4. The molecule has 1 unspecified atom stereocenters. The topological polar surface area (TPSA) is 78.3 Å². The van der Waals surface area contributed by atoms with Crippen molar-refractivity contribution in [3.63, 3.8) is 0 Å². The van der Waals surface area contributed by atoms with Crippen molar-refractivity contribution in [2.45, 2.75) is 31.7 Å². The van der Waals surface area contributed by atoms with Crippen molar-refractivity contribution in [2.24, 2.45) is 11.0 Å². The fraction of sp³-hybridized carbons (Fsp3) is 0.344. The van der Waals surface area contributed by atoms with Gasteiger partial charge in [0, 0.05) is 34.6 Å². The molecule has 0 bridgehead atoms. The van der Waals surface area contributed by atoms with E-state index in [4.69, 9.17) is 27.9 Å². The van der Waals surface area contributed by atoms with Gasteiger partial charge in [0.25, 0.3) is 0 Å². The Morgan fingerprint density at radius 3 is 2.54 bits per heavy atom. The molecule has 0 N–H and O–H groups in total. The Labute approximate surface area is 249 Å². The second kappa shape index (κ2) is 13.1. The third-order valence-corrected chi connectivity index (χ3v) is 8.53. The minimum absolute atomic E-state index is 0.189. The molecule has 1 fully saturated rings. The molecule has 1 heterocycles. The number of carbonyl (C=O) groups is 1. The molecular formula is C32H31Cl2FN4O2. The molecule has 212 valence electrons. The molecule has 6 nitrogen and oxygen atoms in total. The quantitative estimate of drug-likeness (QED) is 0.108. The van der Waals surface area contributed by atoms with E-state index in [0.29, 0.717) is 22.0 Å². The predicted molar refractivity (Wildman–Crippen MR) is 162 cm³/mol. The van der Waals surface area contributed by atoms with Gasteiger partial charge < -0.3 is 9.64 Å². The molecule has 1 aliphatic heterocycles. The zero-order valence-electron chi connectivity index (χ0n) is 22.8. The maximum atomic E-state index is 12.6. The van der Waals surface area contributed by atoms with Crippen LogP contribution < -0.4 is 0 Å². The van der Waals surface area contributed by atoms with E-state index in [9.17, 15) is 14.7 Å². The van der Waals surface area contributed by atoms with Crippen LogP contribution in [0, 0.1) is 5.92 Å². The van der Waals surface area contributed by atoms with Crippen LogP contribution >= 0.6 is 23.2 Å². The molecule has 5 rings (SSSR count). The van der Waals surface area contributed by atoms with Gasteiger partial charge in [-0.2, -0.15) is 0 Å². The third kappa shape index (κ3) is 6.29. The minimum atomic E-state index is -0.365. The predicted octanol–water partition coefficient (Wildman–Crippen LogP) is 8.72. The van der Waals surface area contributed by atoms with E-state index in [1.165, 1.54) is 7.11 Å². The van der Waals surface area contributed by atoms with Gasteiger partial charge in [-0.25, -0.2) is 4.79 Å². The normalized spacial score (nSPS) is 16.3. The van der Waals surface area contributed by atoms with Crippen LogP contribution in [0.2, 0.25) is 10.0 Å². The van der Waals surface area contributed by atoms with Crippen LogP contribution in [0.15, 0.2) is 65.8 Å². The van der Waals surface area contributed by atoms with Gasteiger partial charge in [0.15, 0.2) is 0 Å². The summed E-state index contributed by atoms with van der Waals surface area (Å²) >= 11 is 13.0. The summed E-state index contributed by atoms with van der Waals surface area (Å²) < 4.78 is 17.5. The van der Waals surface area contributed by atoms with Crippen molar-refractivity contribution >= 4 is 40.3 Å². The molecule has 9 heteroatoms. The lowest BCUT2D eigenvalue weighted by Gasteiger charge is -2.42.